The van der Waals surface area contributed by atoms with Crippen LogP contribution in [0.1, 0.15) is 169 Å². The molecule has 43 heavy (non-hydrogen) atoms. The highest BCUT2D eigenvalue weighted by Crippen LogP contribution is 2.22. The second-order valence-electron chi connectivity index (χ2n) is 11.8. The van der Waals surface area contributed by atoms with Crippen molar-refractivity contribution in [3.8, 4) is 0 Å². The third-order valence-corrected chi connectivity index (χ3v) is 8.79. The summed E-state index contributed by atoms with van der Waals surface area (Å²) in [5.74, 6) is -2.17. The number of amides is 1. The van der Waals surface area contributed by atoms with E-state index in [-0.39, 0.29) is 24.5 Å². The van der Waals surface area contributed by atoms with Crippen LogP contribution < -0.4 is 5.32 Å². The van der Waals surface area contributed by atoms with Gasteiger partial charge in [-0.2, -0.15) is 0 Å². The van der Waals surface area contributed by atoms with Crippen molar-refractivity contribution in [3.05, 3.63) is 0 Å². The van der Waals surface area contributed by atoms with E-state index in [0.29, 0.717) is 6.42 Å². The van der Waals surface area contributed by atoms with E-state index in [1.807, 2.05) is 0 Å². The van der Waals surface area contributed by atoms with Gasteiger partial charge in [-0.25, -0.2) is 4.79 Å². The Labute approximate surface area is 266 Å². The number of carbonyl (C=O) groups excluding carboxylic acids is 3. The summed E-state index contributed by atoms with van der Waals surface area (Å²) >= 11 is 1.21. The summed E-state index contributed by atoms with van der Waals surface area (Å²) in [6, 6.07) is -1.08. The standard InChI is InChI=1S/C34H63NO7S/c1-5-8-11-14-16-19-22-25-31(37)41-34(42-32(38)26-23-20-17-15-12-9-6-2)28(4)43-27-29(33(39)40)35-30(36)24-21-18-13-10-7-3/h28-29,34H,5-27H2,1-4H3,(H,35,36)(H,39,40)/t28?,29-/m0/s1. The van der Waals surface area contributed by atoms with Crippen LogP contribution in [0.3, 0.4) is 0 Å². The lowest BCUT2D eigenvalue weighted by atomic mass is 10.1. The van der Waals surface area contributed by atoms with Crippen molar-refractivity contribution < 1.29 is 33.8 Å². The van der Waals surface area contributed by atoms with Crippen molar-refractivity contribution in [2.24, 2.45) is 0 Å². The third-order valence-electron chi connectivity index (χ3n) is 7.51. The number of carboxylic acid groups (broad SMARTS) is 1. The number of unbranched alkanes of at least 4 members (excludes halogenated alkanes) is 16. The molecule has 0 aliphatic heterocycles. The van der Waals surface area contributed by atoms with Gasteiger partial charge in [-0.3, -0.25) is 14.4 Å². The maximum absolute atomic E-state index is 12.6. The number of nitrogens with one attached hydrogen (secondary N) is 1. The fourth-order valence-electron chi connectivity index (χ4n) is 4.70. The first-order valence-electron chi connectivity index (χ1n) is 17.3. The lowest BCUT2D eigenvalue weighted by Gasteiger charge is -2.25. The highest BCUT2D eigenvalue weighted by Gasteiger charge is 2.29. The zero-order valence-electron chi connectivity index (χ0n) is 27.8. The quantitative estimate of drug-likeness (QED) is 0.0460. The average Bonchev–Trinajstić information content (AvgIpc) is 2.97. The van der Waals surface area contributed by atoms with Crippen molar-refractivity contribution in [2.45, 2.75) is 187 Å². The van der Waals surface area contributed by atoms with Gasteiger partial charge in [0, 0.05) is 25.0 Å². The van der Waals surface area contributed by atoms with E-state index in [4.69, 9.17) is 9.47 Å². The summed E-state index contributed by atoms with van der Waals surface area (Å²) in [5, 5.41) is 11.8. The number of carbonyl (C=O) groups is 4. The molecule has 0 aromatic rings. The van der Waals surface area contributed by atoms with Crippen LogP contribution >= 0.6 is 11.8 Å². The number of ether oxygens (including phenoxy) is 2. The van der Waals surface area contributed by atoms with Gasteiger partial charge in [-0.15, -0.1) is 11.8 Å². The number of carboxylic acids is 1. The van der Waals surface area contributed by atoms with Crippen molar-refractivity contribution in [2.75, 3.05) is 5.75 Å². The zero-order chi connectivity index (χ0) is 32.1. The molecular formula is C34H63NO7S. The van der Waals surface area contributed by atoms with Gasteiger partial charge in [0.1, 0.15) is 6.04 Å². The molecule has 0 heterocycles. The fourth-order valence-corrected chi connectivity index (χ4v) is 5.69. The molecule has 0 spiro atoms. The zero-order valence-corrected chi connectivity index (χ0v) is 28.6. The Bertz CT molecular complexity index is 702. The molecule has 1 amide bonds. The van der Waals surface area contributed by atoms with Crippen molar-refractivity contribution >= 4 is 35.6 Å². The molecule has 2 N–H and O–H groups in total. The summed E-state index contributed by atoms with van der Waals surface area (Å²) in [6.45, 7) is 8.25. The smallest absolute Gasteiger partial charge is 0.327 e. The number of rotatable bonds is 30. The van der Waals surface area contributed by atoms with Crippen LogP contribution in [0.4, 0.5) is 0 Å². The fraction of sp³-hybridized carbons (Fsp3) is 0.882. The SMILES string of the molecule is CCCCCCCCCC(=O)OC(OC(=O)CCCCCCCCC)C(C)SC[C@H](NC(=O)CCCCCCC)C(=O)O. The molecule has 0 aromatic heterocycles. The molecule has 0 fully saturated rings. The molecule has 0 aliphatic carbocycles. The minimum absolute atomic E-state index is 0.0686. The Morgan fingerprint density at radius 1 is 0.605 bits per heavy atom. The highest BCUT2D eigenvalue weighted by molar-refractivity contribution is 8.00. The Kier molecular flexibility index (Phi) is 27.8. The Morgan fingerprint density at radius 2 is 0.977 bits per heavy atom. The summed E-state index contributed by atoms with van der Waals surface area (Å²) in [7, 11) is 0. The van der Waals surface area contributed by atoms with E-state index in [0.717, 1.165) is 83.5 Å². The van der Waals surface area contributed by atoms with E-state index in [2.05, 4.69) is 26.1 Å². The summed E-state index contributed by atoms with van der Waals surface area (Å²) in [4.78, 5) is 49.5. The van der Waals surface area contributed by atoms with Gasteiger partial charge >= 0.3 is 17.9 Å². The third kappa shape index (κ3) is 25.3. The van der Waals surface area contributed by atoms with Crippen LogP contribution in [0.15, 0.2) is 0 Å². The van der Waals surface area contributed by atoms with Gasteiger partial charge in [0.25, 0.3) is 6.29 Å². The van der Waals surface area contributed by atoms with Gasteiger partial charge in [-0.05, 0) is 26.2 Å². The Morgan fingerprint density at radius 3 is 1.37 bits per heavy atom. The molecule has 252 valence electrons. The summed E-state index contributed by atoms with van der Waals surface area (Å²) in [5.41, 5.74) is 0. The van der Waals surface area contributed by atoms with Crippen molar-refractivity contribution in [1.29, 1.82) is 0 Å². The largest absolute Gasteiger partial charge is 0.480 e. The van der Waals surface area contributed by atoms with Crippen molar-refractivity contribution in [1.82, 2.24) is 5.32 Å². The van der Waals surface area contributed by atoms with Gasteiger partial charge < -0.3 is 19.9 Å². The molecule has 0 aliphatic rings. The van der Waals surface area contributed by atoms with Crippen LogP contribution in [-0.2, 0) is 28.7 Å². The monoisotopic (exact) mass is 629 g/mol. The first kappa shape index (κ1) is 41.2. The topological polar surface area (TPSA) is 119 Å². The highest BCUT2D eigenvalue weighted by atomic mass is 32.2. The molecule has 0 saturated carbocycles. The molecule has 0 saturated heterocycles. The van der Waals surface area contributed by atoms with E-state index in [1.54, 1.807) is 6.92 Å². The first-order chi connectivity index (χ1) is 20.7. The maximum Gasteiger partial charge on any atom is 0.327 e. The molecule has 1 unspecified atom stereocenters. The number of hydrogen-bond acceptors (Lipinski definition) is 7. The first-order valence-corrected chi connectivity index (χ1v) is 18.3. The van der Waals surface area contributed by atoms with Gasteiger partial charge in [0.2, 0.25) is 5.91 Å². The summed E-state index contributed by atoms with van der Waals surface area (Å²) < 4.78 is 11.2. The van der Waals surface area contributed by atoms with Crippen molar-refractivity contribution in [3.63, 3.8) is 0 Å². The van der Waals surface area contributed by atoms with Gasteiger partial charge in [-0.1, -0.05) is 124 Å². The Balaban J connectivity index is 4.91. The Hall–Kier alpha value is -1.77. The lowest BCUT2D eigenvalue weighted by molar-refractivity contribution is -0.187. The maximum atomic E-state index is 12.6. The van der Waals surface area contributed by atoms with Crippen LogP contribution in [0.25, 0.3) is 0 Å². The molecule has 0 aromatic carbocycles. The molecule has 0 rings (SSSR count). The average molecular weight is 630 g/mol. The van der Waals surface area contributed by atoms with Gasteiger partial charge in [0.15, 0.2) is 0 Å². The molecular weight excluding hydrogens is 566 g/mol. The van der Waals surface area contributed by atoms with E-state index >= 15 is 0 Å². The predicted octanol–water partition coefficient (Wildman–Crippen LogP) is 8.73. The van der Waals surface area contributed by atoms with Crippen LogP contribution in [0.5, 0.6) is 0 Å². The molecule has 0 radical (unpaired) electrons. The molecule has 0 bridgehead atoms. The number of esters is 2. The number of aliphatic carboxylic acids is 1. The minimum Gasteiger partial charge on any atom is -0.480 e. The molecule has 2 atom stereocenters. The second kappa shape index (κ2) is 29.0. The van der Waals surface area contributed by atoms with Crippen LogP contribution in [0.2, 0.25) is 0 Å². The van der Waals surface area contributed by atoms with E-state index in [9.17, 15) is 24.3 Å². The lowest BCUT2D eigenvalue weighted by Crippen LogP contribution is -2.43. The summed E-state index contributed by atoms with van der Waals surface area (Å²) in [6.07, 6.45) is 19.8. The van der Waals surface area contributed by atoms with Crippen LogP contribution in [0, 0.1) is 0 Å². The predicted molar refractivity (Wildman–Crippen MR) is 176 cm³/mol. The minimum atomic E-state index is -1.12. The molecule has 8 nitrogen and oxygen atoms in total. The number of thioether (sulfide) groups is 1. The normalized spacial score (nSPS) is 12.6. The molecule has 9 heteroatoms. The number of hydrogen-bond donors (Lipinski definition) is 2. The van der Waals surface area contributed by atoms with Crippen LogP contribution in [-0.4, -0.2) is 52.3 Å². The van der Waals surface area contributed by atoms with Gasteiger partial charge in [0.05, 0.1) is 5.25 Å². The van der Waals surface area contributed by atoms with E-state index < -0.39 is 35.5 Å². The van der Waals surface area contributed by atoms with E-state index in [1.165, 1.54) is 50.3 Å². The second-order valence-corrected chi connectivity index (χ2v) is 13.2.